The molecule has 17 heavy (non-hydrogen) atoms. The predicted octanol–water partition coefficient (Wildman–Crippen LogP) is 2.34. The van der Waals surface area contributed by atoms with Crippen LogP contribution in [0, 0.1) is 23.5 Å². The predicted molar refractivity (Wildman–Crippen MR) is 56.1 cm³/mol. The number of rotatable bonds is 3. The summed E-state index contributed by atoms with van der Waals surface area (Å²) >= 11 is 0. The highest BCUT2D eigenvalue weighted by atomic mass is 19.2. The van der Waals surface area contributed by atoms with Gasteiger partial charge in [0, 0.05) is 19.2 Å². The second kappa shape index (κ2) is 5.35. The fraction of sp³-hybridized carbons (Fsp3) is 0.545. The van der Waals surface area contributed by atoms with Crippen molar-refractivity contribution in [1.29, 1.82) is 0 Å². The van der Waals surface area contributed by atoms with E-state index in [-0.39, 0.29) is 11.7 Å². The molecular weight excluding hydrogens is 233 g/mol. The van der Waals surface area contributed by atoms with E-state index < -0.39 is 17.6 Å². The number of ether oxygens (including phenoxy) is 1. The van der Waals surface area contributed by atoms with Crippen LogP contribution < -0.4 is 5.32 Å². The van der Waals surface area contributed by atoms with Crippen molar-refractivity contribution >= 4 is 5.82 Å². The highest BCUT2D eigenvalue weighted by Crippen LogP contribution is 2.17. The number of pyridine rings is 1. The van der Waals surface area contributed by atoms with Gasteiger partial charge in [-0.15, -0.1) is 0 Å². The van der Waals surface area contributed by atoms with Gasteiger partial charge in [-0.25, -0.2) is 8.78 Å². The van der Waals surface area contributed by atoms with E-state index in [1.807, 2.05) is 0 Å². The van der Waals surface area contributed by atoms with Crippen molar-refractivity contribution in [2.45, 2.75) is 12.8 Å². The van der Waals surface area contributed by atoms with Gasteiger partial charge < -0.3 is 10.1 Å². The molecule has 1 fully saturated rings. The molecule has 94 valence electrons. The van der Waals surface area contributed by atoms with E-state index in [2.05, 4.69) is 10.3 Å². The lowest BCUT2D eigenvalue weighted by molar-refractivity contribution is 0.0594. The summed E-state index contributed by atoms with van der Waals surface area (Å²) in [5.41, 5.74) is 0. The van der Waals surface area contributed by atoms with Crippen LogP contribution in [-0.4, -0.2) is 24.7 Å². The molecule has 3 nitrogen and oxygen atoms in total. The molecule has 2 rings (SSSR count). The minimum absolute atomic E-state index is 0.248. The van der Waals surface area contributed by atoms with Crippen LogP contribution in [0.3, 0.4) is 0 Å². The molecule has 0 spiro atoms. The van der Waals surface area contributed by atoms with E-state index in [9.17, 15) is 13.2 Å². The monoisotopic (exact) mass is 246 g/mol. The molecule has 6 heteroatoms. The summed E-state index contributed by atoms with van der Waals surface area (Å²) in [7, 11) is 0. The Morgan fingerprint density at radius 3 is 2.88 bits per heavy atom. The third-order valence-corrected chi connectivity index (χ3v) is 2.70. The van der Waals surface area contributed by atoms with Crippen molar-refractivity contribution in [3.05, 3.63) is 23.6 Å². The quantitative estimate of drug-likeness (QED) is 0.831. The van der Waals surface area contributed by atoms with Crippen LogP contribution in [0.25, 0.3) is 0 Å². The molecule has 0 radical (unpaired) electrons. The van der Waals surface area contributed by atoms with Crippen LogP contribution in [0.15, 0.2) is 6.07 Å². The lowest BCUT2D eigenvalue weighted by Crippen LogP contribution is -2.25. The van der Waals surface area contributed by atoms with Gasteiger partial charge in [0.25, 0.3) is 5.95 Å². The second-order valence-corrected chi connectivity index (χ2v) is 4.06. The van der Waals surface area contributed by atoms with Crippen LogP contribution in [-0.2, 0) is 4.74 Å². The normalized spacial score (nSPS) is 20.3. The van der Waals surface area contributed by atoms with Crippen molar-refractivity contribution in [3.63, 3.8) is 0 Å². The minimum atomic E-state index is -1.30. The highest BCUT2D eigenvalue weighted by Gasteiger charge is 2.16. The van der Waals surface area contributed by atoms with Crippen LogP contribution in [0.5, 0.6) is 0 Å². The van der Waals surface area contributed by atoms with E-state index in [1.165, 1.54) is 0 Å². The van der Waals surface area contributed by atoms with E-state index in [1.54, 1.807) is 0 Å². The fourth-order valence-corrected chi connectivity index (χ4v) is 1.78. The Morgan fingerprint density at radius 2 is 2.18 bits per heavy atom. The van der Waals surface area contributed by atoms with Gasteiger partial charge in [0.2, 0.25) is 0 Å². The zero-order valence-corrected chi connectivity index (χ0v) is 9.18. The Kier molecular flexibility index (Phi) is 3.83. The third-order valence-electron chi connectivity index (χ3n) is 2.70. The largest absolute Gasteiger partial charge is 0.381 e. The summed E-state index contributed by atoms with van der Waals surface area (Å²) in [6.45, 7) is 1.78. The smallest absolute Gasteiger partial charge is 0.251 e. The van der Waals surface area contributed by atoms with Crippen LogP contribution in [0.2, 0.25) is 0 Å². The zero-order valence-electron chi connectivity index (χ0n) is 9.18. The third kappa shape index (κ3) is 3.09. The van der Waals surface area contributed by atoms with Crippen molar-refractivity contribution in [1.82, 2.24) is 4.98 Å². The Labute approximate surface area is 97.0 Å². The molecule has 1 atom stereocenters. The second-order valence-electron chi connectivity index (χ2n) is 4.06. The summed E-state index contributed by atoms with van der Waals surface area (Å²) in [5.74, 6) is -3.48. The fourth-order valence-electron chi connectivity index (χ4n) is 1.78. The molecule has 0 bridgehead atoms. The van der Waals surface area contributed by atoms with Gasteiger partial charge in [0.15, 0.2) is 17.5 Å². The lowest BCUT2D eigenvalue weighted by Gasteiger charge is -2.22. The molecule has 1 saturated heterocycles. The number of aromatic nitrogens is 1. The molecule has 1 unspecified atom stereocenters. The first-order chi connectivity index (χ1) is 8.16. The zero-order chi connectivity index (χ0) is 12.3. The van der Waals surface area contributed by atoms with Gasteiger partial charge in [-0.3, -0.25) is 0 Å². The maximum Gasteiger partial charge on any atom is 0.251 e. The average molecular weight is 246 g/mol. The Hall–Kier alpha value is -1.30. The highest BCUT2D eigenvalue weighted by molar-refractivity contribution is 5.36. The summed E-state index contributed by atoms with van der Waals surface area (Å²) in [4.78, 5) is 3.19. The van der Waals surface area contributed by atoms with Gasteiger partial charge >= 0.3 is 0 Å². The summed E-state index contributed by atoms with van der Waals surface area (Å²) < 4.78 is 43.9. The molecule has 1 aromatic rings. The average Bonchev–Trinajstić information content (AvgIpc) is 2.33. The number of nitrogens with one attached hydrogen (secondary N) is 1. The van der Waals surface area contributed by atoms with Gasteiger partial charge in [-0.1, -0.05) is 0 Å². The van der Waals surface area contributed by atoms with Crippen LogP contribution in [0.1, 0.15) is 12.8 Å². The molecule has 1 aromatic heterocycles. The Balaban J connectivity index is 1.96. The van der Waals surface area contributed by atoms with Gasteiger partial charge in [0.1, 0.15) is 0 Å². The van der Waals surface area contributed by atoms with Crippen molar-refractivity contribution in [2.75, 3.05) is 25.1 Å². The van der Waals surface area contributed by atoms with Crippen molar-refractivity contribution in [2.24, 2.45) is 5.92 Å². The molecule has 0 aromatic carbocycles. The molecule has 0 aliphatic carbocycles. The van der Waals surface area contributed by atoms with Crippen molar-refractivity contribution in [3.8, 4) is 0 Å². The number of anilines is 1. The topological polar surface area (TPSA) is 34.1 Å². The molecule has 0 saturated carbocycles. The molecule has 2 heterocycles. The first-order valence-corrected chi connectivity index (χ1v) is 5.50. The Morgan fingerprint density at radius 1 is 1.35 bits per heavy atom. The molecule has 0 amide bonds. The first-order valence-electron chi connectivity index (χ1n) is 5.50. The molecular formula is C11H13F3N2O. The maximum absolute atomic E-state index is 13.2. The summed E-state index contributed by atoms with van der Waals surface area (Å²) in [6.07, 6.45) is 1.93. The number of hydrogen-bond acceptors (Lipinski definition) is 3. The molecule has 1 aliphatic heterocycles. The first kappa shape index (κ1) is 12.2. The van der Waals surface area contributed by atoms with Crippen LogP contribution in [0.4, 0.5) is 19.0 Å². The maximum atomic E-state index is 13.2. The molecule has 1 N–H and O–H groups in total. The van der Waals surface area contributed by atoms with Crippen LogP contribution >= 0.6 is 0 Å². The number of hydrogen-bond donors (Lipinski definition) is 1. The van der Waals surface area contributed by atoms with E-state index in [4.69, 9.17) is 4.74 Å². The molecule has 1 aliphatic rings. The Bertz CT molecular complexity index is 395. The SMILES string of the molecule is Fc1cc(F)c(NCC2CCCOC2)nc1F. The van der Waals surface area contributed by atoms with Gasteiger partial charge in [-0.05, 0) is 18.8 Å². The lowest BCUT2D eigenvalue weighted by atomic mass is 10.0. The number of halogens is 3. The summed E-state index contributed by atoms with van der Waals surface area (Å²) in [5, 5.41) is 2.68. The van der Waals surface area contributed by atoms with E-state index in [0.29, 0.717) is 19.2 Å². The van der Waals surface area contributed by atoms with Gasteiger partial charge in [-0.2, -0.15) is 9.37 Å². The van der Waals surface area contributed by atoms with E-state index >= 15 is 0 Å². The van der Waals surface area contributed by atoms with Crippen molar-refractivity contribution < 1.29 is 17.9 Å². The van der Waals surface area contributed by atoms with Gasteiger partial charge in [0.05, 0.1) is 6.61 Å². The minimum Gasteiger partial charge on any atom is -0.381 e. The van der Waals surface area contributed by atoms with E-state index in [0.717, 1.165) is 19.4 Å². The standard InChI is InChI=1S/C11H13F3N2O/c12-8-4-9(13)11(16-10(8)14)15-5-7-2-1-3-17-6-7/h4,7H,1-3,5-6H2,(H,15,16). The number of nitrogens with zero attached hydrogens (tertiary/aromatic N) is 1. The summed E-state index contributed by atoms with van der Waals surface area (Å²) in [6, 6.07) is 0.488.